The number of allylic oxidation sites excluding steroid dienone is 1. The number of nitrogens with zero attached hydrogens (tertiary/aromatic N) is 3. The van der Waals surface area contributed by atoms with Gasteiger partial charge in [0.25, 0.3) is 0 Å². The third-order valence-electron chi connectivity index (χ3n) is 3.96. The maximum atomic E-state index is 12.0. The number of primary amides is 1. The van der Waals surface area contributed by atoms with E-state index in [0.717, 1.165) is 10.4 Å². The fraction of sp³-hybridized carbons (Fsp3) is 0.118. The topological polar surface area (TPSA) is 85.8 Å². The fourth-order valence-electron chi connectivity index (χ4n) is 2.89. The molecule has 3 N–H and O–H groups in total. The number of rotatable bonds is 3. The van der Waals surface area contributed by atoms with Crippen molar-refractivity contribution in [3.05, 3.63) is 64.0 Å². The van der Waals surface area contributed by atoms with Crippen LogP contribution in [-0.2, 0) is 4.79 Å². The Bertz CT molecular complexity index is 927. The number of anilines is 1. The molecule has 1 amide bonds. The number of fused-ring (bicyclic) bond motifs is 1. The SMILES string of the molecule is CC1=C(C(N)=O)C(c2cccs2)n2nc(-c3ccccc3)nc2N1. The van der Waals surface area contributed by atoms with Gasteiger partial charge in [-0.3, -0.25) is 4.79 Å². The summed E-state index contributed by atoms with van der Waals surface area (Å²) < 4.78 is 1.74. The summed E-state index contributed by atoms with van der Waals surface area (Å²) in [7, 11) is 0. The molecule has 0 aliphatic carbocycles. The van der Waals surface area contributed by atoms with E-state index in [2.05, 4.69) is 15.4 Å². The van der Waals surface area contributed by atoms with E-state index in [1.54, 1.807) is 16.0 Å². The first kappa shape index (κ1) is 14.6. The molecule has 2 aromatic heterocycles. The largest absolute Gasteiger partial charge is 0.366 e. The Kier molecular flexibility index (Phi) is 3.42. The molecule has 0 bridgehead atoms. The molecule has 7 heteroatoms. The molecular formula is C17H15N5OS. The molecule has 1 aliphatic rings. The highest BCUT2D eigenvalue weighted by Crippen LogP contribution is 2.37. The number of nitrogens with two attached hydrogens (primary N) is 1. The molecule has 0 spiro atoms. The number of aromatic nitrogens is 3. The van der Waals surface area contributed by atoms with Gasteiger partial charge in [-0.15, -0.1) is 16.4 Å². The van der Waals surface area contributed by atoms with Crippen molar-refractivity contribution < 1.29 is 4.79 Å². The van der Waals surface area contributed by atoms with Gasteiger partial charge < -0.3 is 11.1 Å². The van der Waals surface area contributed by atoms with Crippen LogP contribution in [0.25, 0.3) is 11.4 Å². The van der Waals surface area contributed by atoms with Crippen molar-refractivity contribution >= 4 is 23.2 Å². The van der Waals surface area contributed by atoms with Gasteiger partial charge in [-0.25, -0.2) is 4.68 Å². The first-order valence-electron chi connectivity index (χ1n) is 7.48. The van der Waals surface area contributed by atoms with Crippen LogP contribution in [0.4, 0.5) is 5.95 Å². The third kappa shape index (κ3) is 2.30. The zero-order chi connectivity index (χ0) is 16.7. The minimum atomic E-state index is -0.458. The highest BCUT2D eigenvalue weighted by Gasteiger charge is 2.33. The molecule has 1 aliphatic heterocycles. The van der Waals surface area contributed by atoms with Gasteiger partial charge in [0.15, 0.2) is 5.82 Å². The first-order chi connectivity index (χ1) is 11.6. The Balaban J connectivity index is 1.88. The number of amides is 1. The van der Waals surface area contributed by atoms with Crippen LogP contribution in [0.1, 0.15) is 17.8 Å². The maximum absolute atomic E-state index is 12.0. The Morgan fingerprint density at radius 2 is 2.04 bits per heavy atom. The van der Waals surface area contributed by atoms with E-state index in [9.17, 15) is 4.79 Å². The molecule has 1 unspecified atom stereocenters. The van der Waals surface area contributed by atoms with Crippen molar-refractivity contribution in [1.29, 1.82) is 0 Å². The lowest BCUT2D eigenvalue weighted by Gasteiger charge is -2.26. The minimum Gasteiger partial charge on any atom is -0.366 e. The molecule has 6 nitrogen and oxygen atoms in total. The van der Waals surface area contributed by atoms with E-state index in [1.165, 1.54) is 0 Å². The number of carbonyl (C=O) groups excluding carboxylic acids is 1. The fourth-order valence-corrected chi connectivity index (χ4v) is 3.71. The zero-order valence-electron chi connectivity index (χ0n) is 12.9. The van der Waals surface area contributed by atoms with Gasteiger partial charge in [0.05, 0.1) is 5.57 Å². The van der Waals surface area contributed by atoms with Crippen LogP contribution in [-0.4, -0.2) is 20.7 Å². The van der Waals surface area contributed by atoms with Crippen LogP contribution in [0.2, 0.25) is 0 Å². The van der Waals surface area contributed by atoms with Gasteiger partial charge >= 0.3 is 0 Å². The van der Waals surface area contributed by atoms with Crippen molar-refractivity contribution in [3.63, 3.8) is 0 Å². The lowest BCUT2D eigenvalue weighted by molar-refractivity contribution is -0.115. The minimum absolute atomic E-state index is 0.358. The summed E-state index contributed by atoms with van der Waals surface area (Å²) in [6.07, 6.45) is 0. The average molecular weight is 337 g/mol. The van der Waals surface area contributed by atoms with Gasteiger partial charge in [-0.05, 0) is 18.4 Å². The van der Waals surface area contributed by atoms with Crippen LogP contribution >= 0.6 is 11.3 Å². The van der Waals surface area contributed by atoms with Gasteiger partial charge in [-0.2, -0.15) is 4.98 Å². The molecule has 1 atom stereocenters. The Hall–Kier alpha value is -2.93. The Labute approximate surface area is 142 Å². The number of hydrogen-bond acceptors (Lipinski definition) is 5. The second kappa shape index (κ2) is 5.61. The molecule has 1 aromatic carbocycles. The predicted molar refractivity (Wildman–Crippen MR) is 93.4 cm³/mol. The second-order valence-electron chi connectivity index (χ2n) is 5.52. The number of benzene rings is 1. The van der Waals surface area contributed by atoms with Crippen LogP contribution in [0, 0.1) is 0 Å². The molecule has 24 heavy (non-hydrogen) atoms. The normalized spacial score (nSPS) is 16.6. The number of hydrogen-bond donors (Lipinski definition) is 2. The van der Waals surface area contributed by atoms with E-state index in [0.29, 0.717) is 23.0 Å². The lowest BCUT2D eigenvalue weighted by atomic mass is 10.0. The molecule has 3 aromatic rings. The van der Waals surface area contributed by atoms with E-state index in [-0.39, 0.29) is 6.04 Å². The monoisotopic (exact) mass is 337 g/mol. The van der Waals surface area contributed by atoms with Crippen LogP contribution in [0.5, 0.6) is 0 Å². The highest BCUT2D eigenvalue weighted by atomic mass is 32.1. The summed E-state index contributed by atoms with van der Waals surface area (Å²) in [5, 5.41) is 9.75. The quantitative estimate of drug-likeness (QED) is 0.769. The lowest BCUT2D eigenvalue weighted by Crippen LogP contribution is -2.31. The number of thiophene rings is 1. The summed E-state index contributed by atoms with van der Waals surface area (Å²) in [5.41, 5.74) is 7.77. The van der Waals surface area contributed by atoms with Gasteiger partial charge in [0.1, 0.15) is 6.04 Å². The summed E-state index contributed by atoms with van der Waals surface area (Å²) in [6, 6.07) is 13.3. The smallest absolute Gasteiger partial charge is 0.248 e. The van der Waals surface area contributed by atoms with Crippen molar-refractivity contribution in [3.8, 4) is 11.4 Å². The van der Waals surface area contributed by atoms with Crippen molar-refractivity contribution in [2.24, 2.45) is 5.73 Å². The van der Waals surface area contributed by atoms with Crippen molar-refractivity contribution in [2.45, 2.75) is 13.0 Å². The molecule has 4 rings (SSSR count). The van der Waals surface area contributed by atoms with Crippen LogP contribution in [0.15, 0.2) is 59.1 Å². The summed E-state index contributed by atoms with van der Waals surface area (Å²) in [4.78, 5) is 17.6. The van der Waals surface area contributed by atoms with E-state index in [4.69, 9.17) is 5.73 Å². The van der Waals surface area contributed by atoms with Crippen LogP contribution < -0.4 is 11.1 Å². The summed E-state index contributed by atoms with van der Waals surface area (Å²) >= 11 is 1.56. The van der Waals surface area contributed by atoms with Crippen molar-refractivity contribution in [1.82, 2.24) is 14.8 Å². The highest BCUT2D eigenvalue weighted by molar-refractivity contribution is 7.10. The number of carbonyl (C=O) groups is 1. The predicted octanol–water partition coefficient (Wildman–Crippen LogP) is 2.78. The molecule has 0 radical (unpaired) electrons. The molecule has 0 saturated carbocycles. The molecular weight excluding hydrogens is 322 g/mol. The summed E-state index contributed by atoms with van der Waals surface area (Å²) in [5.74, 6) is 0.758. The molecule has 120 valence electrons. The zero-order valence-corrected chi connectivity index (χ0v) is 13.7. The van der Waals surface area contributed by atoms with Gasteiger partial charge in [0, 0.05) is 16.1 Å². The number of nitrogens with one attached hydrogen (secondary N) is 1. The van der Waals surface area contributed by atoms with Gasteiger partial charge in [0.2, 0.25) is 11.9 Å². The maximum Gasteiger partial charge on any atom is 0.248 e. The Morgan fingerprint density at radius 3 is 2.71 bits per heavy atom. The summed E-state index contributed by atoms with van der Waals surface area (Å²) in [6.45, 7) is 1.83. The van der Waals surface area contributed by atoms with E-state index >= 15 is 0 Å². The van der Waals surface area contributed by atoms with Crippen LogP contribution in [0.3, 0.4) is 0 Å². The van der Waals surface area contributed by atoms with E-state index < -0.39 is 5.91 Å². The average Bonchev–Trinajstić information content (AvgIpc) is 3.23. The first-order valence-corrected chi connectivity index (χ1v) is 8.36. The Morgan fingerprint density at radius 1 is 1.25 bits per heavy atom. The second-order valence-corrected chi connectivity index (χ2v) is 6.49. The molecule has 0 saturated heterocycles. The molecule has 3 heterocycles. The standard InChI is InChI=1S/C17H15N5OS/c1-10-13(15(18)23)14(12-8-5-9-24-12)22-17(19-10)20-16(21-22)11-6-3-2-4-7-11/h2-9,14H,1H3,(H2,18,23)(H,19,20,21). The molecule has 0 fully saturated rings. The third-order valence-corrected chi connectivity index (χ3v) is 4.89. The van der Waals surface area contributed by atoms with E-state index in [1.807, 2.05) is 54.8 Å². The van der Waals surface area contributed by atoms with Gasteiger partial charge in [-0.1, -0.05) is 36.4 Å². The van der Waals surface area contributed by atoms with Crippen molar-refractivity contribution in [2.75, 3.05) is 5.32 Å².